The van der Waals surface area contributed by atoms with Crippen molar-refractivity contribution in [1.29, 1.82) is 0 Å². The summed E-state index contributed by atoms with van der Waals surface area (Å²) in [6.07, 6.45) is -6.63. The Morgan fingerprint density at radius 2 is 1.83 bits per heavy atom. The number of hydrogen-bond donors (Lipinski definition) is 0. The van der Waals surface area contributed by atoms with Gasteiger partial charge in [0.05, 0.1) is 5.56 Å². The van der Waals surface area contributed by atoms with E-state index < -0.39 is 34.8 Å². The maximum Gasteiger partial charge on any atom is 0.433 e. The Kier molecular flexibility index (Phi) is 6.82. The number of rotatable bonds is 6. The minimum atomic E-state index is -4.89. The molecule has 0 bridgehead atoms. The Morgan fingerprint density at radius 3 is 2.17 bits per heavy atom. The number of thioether (sulfide) groups is 1. The van der Waals surface area contributed by atoms with Gasteiger partial charge in [-0.1, -0.05) is 13.8 Å². The van der Waals surface area contributed by atoms with Gasteiger partial charge < -0.3 is 0 Å². The molecule has 1 aromatic heterocycles. The number of carbonyl (C=O) groups excluding carboxylic acids is 1. The minimum Gasteiger partial charge on any atom is -0.276 e. The molecule has 0 saturated carbocycles. The summed E-state index contributed by atoms with van der Waals surface area (Å²) in [5.41, 5.74) is -3.54. The number of aromatic nitrogens is 1. The Morgan fingerprint density at radius 1 is 1.26 bits per heavy atom. The van der Waals surface area contributed by atoms with E-state index in [0.717, 1.165) is 11.8 Å². The molecule has 1 heterocycles. The third kappa shape index (κ3) is 4.79. The lowest BCUT2D eigenvalue weighted by atomic mass is 9.92. The molecule has 0 radical (unpaired) electrons. The van der Waals surface area contributed by atoms with Gasteiger partial charge in [0.25, 0.3) is 11.7 Å². The van der Waals surface area contributed by atoms with Crippen LogP contribution in [0.15, 0.2) is 0 Å². The summed E-state index contributed by atoms with van der Waals surface area (Å²) in [4.78, 5) is 14.7. The predicted molar refractivity (Wildman–Crippen MR) is 80.1 cm³/mol. The maximum absolute atomic E-state index is 13.2. The molecule has 0 aliphatic carbocycles. The lowest BCUT2D eigenvalue weighted by Crippen LogP contribution is -2.20. The molecule has 1 rings (SSSR count). The maximum atomic E-state index is 13.2. The lowest BCUT2D eigenvalue weighted by molar-refractivity contribution is -0.142. The van der Waals surface area contributed by atoms with Crippen LogP contribution in [0.5, 0.6) is 0 Å². The van der Waals surface area contributed by atoms with Gasteiger partial charge in [-0.25, -0.2) is 13.8 Å². The summed E-state index contributed by atoms with van der Waals surface area (Å²) in [5.74, 6) is -0.260. The van der Waals surface area contributed by atoms with Crippen LogP contribution in [0.4, 0.5) is 22.0 Å². The fourth-order valence-corrected chi connectivity index (χ4v) is 3.05. The van der Waals surface area contributed by atoms with Crippen LogP contribution < -0.4 is 0 Å². The van der Waals surface area contributed by atoms with Crippen LogP contribution in [-0.2, 0) is 18.3 Å². The number of pyridine rings is 1. The summed E-state index contributed by atoms with van der Waals surface area (Å²) >= 11 is 6.46. The van der Waals surface area contributed by atoms with Crippen LogP contribution in [0.2, 0.25) is 0 Å². The highest BCUT2D eigenvalue weighted by Crippen LogP contribution is 2.39. The molecule has 0 spiro atoms. The first-order chi connectivity index (χ1) is 10.5. The van der Waals surface area contributed by atoms with Crippen LogP contribution in [0.3, 0.4) is 0 Å². The third-order valence-electron chi connectivity index (χ3n) is 3.01. The van der Waals surface area contributed by atoms with Crippen molar-refractivity contribution in [1.82, 2.24) is 4.98 Å². The van der Waals surface area contributed by atoms with E-state index in [1.165, 1.54) is 0 Å². The number of halogens is 6. The van der Waals surface area contributed by atoms with Crippen molar-refractivity contribution in [2.24, 2.45) is 5.92 Å². The first-order valence-corrected chi connectivity index (χ1v) is 8.37. The average Bonchev–Trinajstić information content (AvgIpc) is 2.37. The molecule has 0 unspecified atom stereocenters. The zero-order chi connectivity index (χ0) is 17.9. The molecule has 1 aromatic rings. The Hall–Kier alpha value is -0.890. The van der Waals surface area contributed by atoms with Crippen molar-refractivity contribution in [3.63, 3.8) is 0 Å². The van der Waals surface area contributed by atoms with E-state index in [9.17, 15) is 26.7 Å². The number of nitrogens with zero attached hydrogens (tertiary/aromatic N) is 1. The standard InChI is InChI=1S/C14H15ClF5NOS/c1-6(2)4-7-8(5-23-3)11(14(18,19)20)21-10(13(16)17)9(7)12(15)22/h6,13H,4-5H2,1-3H3. The zero-order valence-corrected chi connectivity index (χ0v) is 14.2. The van der Waals surface area contributed by atoms with Crippen LogP contribution in [0, 0.1) is 5.92 Å². The van der Waals surface area contributed by atoms with Gasteiger partial charge in [-0.15, -0.1) is 0 Å². The highest BCUT2D eigenvalue weighted by atomic mass is 35.5. The summed E-state index contributed by atoms with van der Waals surface area (Å²) in [6.45, 7) is 3.42. The van der Waals surface area contributed by atoms with Gasteiger partial charge in [-0.2, -0.15) is 24.9 Å². The molecular weight excluding hydrogens is 361 g/mol. The second-order valence-electron chi connectivity index (χ2n) is 5.28. The Bertz CT molecular complexity index is 590. The SMILES string of the molecule is CSCc1c(C(F)(F)F)nc(C(F)F)c(C(=O)Cl)c1CC(C)C. The highest BCUT2D eigenvalue weighted by molar-refractivity contribution is 7.97. The number of hydrogen-bond acceptors (Lipinski definition) is 3. The third-order valence-corrected chi connectivity index (χ3v) is 3.78. The number of alkyl halides is 5. The molecular formula is C14H15ClF5NOS. The summed E-state index contributed by atoms with van der Waals surface area (Å²) in [5, 5.41) is -1.22. The van der Waals surface area contributed by atoms with Crippen LogP contribution in [0.25, 0.3) is 0 Å². The summed E-state index contributed by atoms with van der Waals surface area (Å²) in [7, 11) is 0. The monoisotopic (exact) mass is 375 g/mol. The minimum absolute atomic E-state index is 0.0228. The van der Waals surface area contributed by atoms with E-state index >= 15 is 0 Å². The Balaban J connectivity index is 3.88. The number of carbonyl (C=O) groups is 1. The zero-order valence-electron chi connectivity index (χ0n) is 12.6. The van der Waals surface area contributed by atoms with Crippen LogP contribution in [0.1, 0.15) is 53.1 Å². The van der Waals surface area contributed by atoms with Gasteiger partial charge in [0, 0.05) is 5.75 Å². The molecule has 9 heteroatoms. The van der Waals surface area contributed by atoms with Gasteiger partial charge in [0.2, 0.25) is 0 Å². The van der Waals surface area contributed by atoms with E-state index in [1.54, 1.807) is 20.1 Å². The normalized spacial score (nSPS) is 12.3. The van der Waals surface area contributed by atoms with Crippen molar-refractivity contribution in [2.75, 3.05) is 6.26 Å². The van der Waals surface area contributed by atoms with E-state index in [1.807, 2.05) is 0 Å². The molecule has 0 fully saturated rings. The molecule has 0 atom stereocenters. The van der Waals surface area contributed by atoms with Gasteiger partial charge in [-0.05, 0) is 41.3 Å². The Labute approximate surface area is 139 Å². The summed E-state index contributed by atoms with van der Waals surface area (Å²) in [6, 6.07) is 0. The molecule has 2 nitrogen and oxygen atoms in total. The fourth-order valence-electron chi connectivity index (χ4n) is 2.24. The fraction of sp³-hybridized carbons (Fsp3) is 0.571. The highest BCUT2D eigenvalue weighted by Gasteiger charge is 2.39. The molecule has 0 aliphatic rings. The topological polar surface area (TPSA) is 30.0 Å². The first kappa shape index (κ1) is 20.2. The quantitative estimate of drug-likeness (QED) is 0.487. The van der Waals surface area contributed by atoms with Crippen molar-refractivity contribution in [3.05, 3.63) is 28.1 Å². The molecule has 0 N–H and O–H groups in total. The molecule has 23 heavy (non-hydrogen) atoms. The largest absolute Gasteiger partial charge is 0.433 e. The van der Waals surface area contributed by atoms with Gasteiger partial charge in [0.15, 0.2) is 0 Å². The molecule has 0 saturated heterocycles. The van der Waals surface area contributed by atoms with E-state index in [-0.39, 0.29) is 29.2 Å². The van der Waals surface area contributed by atoms with Crippen molar-refractivity contribution in [3.8, 4) is 0 Å². The van der Waals surface area contributed by atoms with Gasteiger partial charge >= 0.3 is 6.18 Å². The summed E-state index contributed by atoms with van der Waals surface area (Å²) < 4.78 is 66.0. The lowest BCUT2D eigenvalue weighted by Gasteiger charge is -2.21. The van der Waals surface area contributed by atoms with E-state index in [2.05, 4.69) is 4.98 Å². The molecule has 130 valence electrons. The van der Waals surface area contributed by atoms with Gasteiger partial charge in [-0.3, -0.25) is 4.79 Å². The average molecular weight is 376 g/mol. The van der Waals surface area contributed by atoms with Crippen LogP contribution in [-0.4, -0.2) is 16.5 Å². The molecule has 0 amide bonds. The van der Waals surface area contributed by atoms with Crippen LogP contribution >= 0.6 is 23.4 Å². The van der Waals surface area contributed by atoms with Crippen molar-refractivity contribution >= 4 is 28.6 Å². The molecule has 0 aliphatic heterocycles. The second kappa shape index (κ2) is 7.79. The smallest absolute Gasteiger partial charge is 0.276 e. The molecule has 0 aromatic carbocycles. The van der Waals surface area contributed by atoms with E-state index in [0.29, 0.717) is 0 Å². The van der Waals surface area contributed by atoms with E-state index in [4.69, 9.17) is 11.6 Å². The van der Waals surface area contributed by atoms with Crippen molar-refractivity contribution in [2.45, 2.75) is 38.6 Å². The first-order valence-electron chi connectivity index (χ1n) is 6.60. The predicted octanol–water partition coefficient (Wildman–Crippen LogP) is 5.48. The van der Waals surface area contributed by atoms with Crippen molar-refractivity contribution < 1.29 is 26.7 Å². The second-order valence-corrected chi connectivity index (χ2v) is 6.49. The van der Waals surface area contributed by atoms with Gasteiger partial charge in [0.1, 0.15) is 11.4 Å².